The van der Waals surface area contributed by atoms with Crippen LogP contribution in [-0.4, -0.2) is 29.9 Å². The Morgan fingerprint density at radius 1 is 1.08 bits per heavy atom. The van der Waals surface area contributed by atoms with Crippen molar-refractivity contribution in [1.82, 2.24) is 15.1 Å². The Kier molecular flexibility index (Phi) is 5.39. The maximum absolute atomic E-state index is 12.2. The molecular formula is C18H16ClN3O3S. The topological polar surface area (TPSA) is 81.1 Å². The van der Waals surface area contributed by atoms with Crippen LogP contribution in [0.2, 0.25) is 5.02 Å². The number of rotatable bonds is 6. The van der Waals surface area contributed by atoms with Gasteiger partial charge in [-0.25, -0.2) is 13.1 Å². The summed E-state index contributed by atoms with van der Waals surface area (Å²) in [4.78, 5) is 12.1. The van der Waals surface area contributed by atoms with E-state index in [1.165, 1.54) is 24.3 Å². The van der Waals surface area contributed by atoms with Gasteiger partial charge in [0.05, 0.1) is 16.8 Å². The van der Waals surface area contributed by atoms with E-state index in [4.69, 9.17) is 11.6 Å². The Bertz CT molecular complexity index is 1000. The summed E-state index contributed by atoms with van der Waals surface area (Å²) >= 11 is 5.75. The molecule has 1 aromatic heterocycles. The fraction of sp³-hybridized carbons (Fsp3) is 0.111. The lowest BCUT2D eigenvalue weighted by Gasteiger charge is -2.06. The highest BCUT2D eigenvalue weighted by atomic mass is 35.5. The number of carbonyl (C=O) groups is 1. The summed E-state index contributed by atoms with van der Waals surface area (Å²) in [7, 11) is -3.71. The second kappa shape index (κ2) is 7.72. The van der Waals surface area contributed by atoms with Gasteiger partial charge in [-0.05, 0) is 36.4 Å². The summed E-state index contributed by atoms with van der Waals surface area (Å²) in [5.74, 6) is -1.20. The van der Waals surface area contributed by atoms with Crippen LogP contribution in [0, 0.1) is 0 Å². The van der Waals surface area contributed by atoms with E-state index in [0.29, 0.717) is 5.02 Å². The lowest BCUT2D eigenvalue weighted by atomic mass is 10.3. The number of hydrogen-bond donors (Lipinski definition) is 1. The summed E-state index contributed by atoms with van der Waals surface area (Å²) in [5.41, 5.74) is 1.67. The molecule has 26 heavy (non-hydrogen) atoms. The van der Waals surface area contributed by atoms with Gasteiger partial charge in [-0.15, -0.1) is 0 Å². The molecule has 0 spiro atoms. The predicted molar refractivity (Wildman–Crippen MR) is 98.9 cm³/mol. The van der Waals surface area contributed by atoms with Crippen molar-refractivity contribution in [3.63, 3.8) is 0 Å². The van der Waals surface area contributed by atoms with E-state index >= 15 is 0 Å². The van der Waals surface area contributed by atoms with Crippen molar-refractivity contribution in [3.8, 4) is 5.69 Å². The summed E-state index contributed by atoms with van der Waals surface area (Å²) in [5, 5.41) is 7.27. The van der Waals surface area contributed by atoms with Crippen molar-refractivity contribution >= 4 is 27.3 Å². The maximum Gasteiger partial charge on any atom is 0.235 e. The van der Waals surface area contributed by atoms with Crippen LogP contribution >= 0.6 is 11.6 Å². The monoisotopic (exact) mass is 389 g/mol. The van der Waals surface area contributed by atoms with Crippen molar-refractivity contribution < 1.29 is 13.2 Å². The molecule has 0 aliphatic rings. The standard InChI is InChI=1S/C18H16ClN3O3S/c19-15-6-8-17(9-7-15)26(24,25)13-18(23)20-10-14-11-21-22(12-14)16-4-2-1-3-5-16/h1-9,11-12H,10,13H2,(H,20,23). The Labute approximate surface area is 156 Å². The van der Waals surface area contributed by atoms with Gasteiger partial charge in [0, 0.05) is 23.3 Å². The molecule has 134 valence electrons. The molecule has 0 aliphatic carbocycles. The number of benzene rings is 2. The van der Waals surface area contributed by atoms with Gasteiger partial charge in [-0.2, -0.15) is 5.10 Å². The molecule has 0 atom stereocenters. The Morgan fingerprint density at radius 2 is 1.77 bits per heavy atom. The van der Waals surface area contributed by atoms with E-state index in [-0.39, 0.29) is 11.4 Å². The number of amides is 1. The normalized spacial score (nSPS) is 11.3. The minimum absolute atomic E-state index is 0.0638. The van der Waals surface area contributed by atoms with E-state index in [1.807, 2.05) is 30.3 Å². The highest BCUT2D eigenvalue weighted by Crippen LogP contribution is 2.15. The third-order valence-corrected chi connectivity index (χ3v) is 5.52. The van der Waals surface area contributed by atoms with Gasteiger partial charge in [0.25, 0.3) is 0 Å². The van der Waals surface area contributed by atoms with Crippen LogP contribution in [0.5, 0.6) is 0 Å². The van der Waals surface area contributed by atoms with Gasteiger partial charge in [0.15, 0.2) is 9.84 Å². The molecule has 0 fully saturated rings. The molecule has 1 amide bonds. The number of nitrogens with zero attached hydrogens (tertiary/aromatic N) is 2. The molecule has 0 aliphatic heterocycles. The fourth-order valence-electron chi connectivity index (χ4n) is 2.32. The van der Waals surface area contributed by atoms with Crippen molar-refractivity contribution in [2.24, 2.45) is 0 Å². The number of hydrogen-bond acceptors (Lipinski definition) is 4. The van der Waals surface area contributed by atoms with Gasteiger partial charge in [0.2, 0.25) is 5.91 Å². The minimum atomic E-state index is -3.71. The maximum atomic E-state index is 12.2. The van der Waals surface area contributed by atoms with E-state index in [9.17, 15) is 13.2 Å². The third kappa shape index (κ3) is 4.50. The van der Waals surface area contributed by atoms with Crippen LogP contribution in [0.15, 0.2) is 71.9 Å². The van der Waals surface area contributed by atoms with Crippen molar-refractivity contribution in [1.29, 1.82) is 0 Å². The van der Waals surface area contributed by atoms with Gasteiger partial charge in [-0.1, -0.05) is 29.8 Å². The Morgan fingerprint density at radius 3 is 2.46 bits per heavy atom. The Balaban J connectivity index is 1.59. The molecule has 3 aromatic rings. The Hall–Kier alpha value is -2.64. The second-order valence-corrected chi connectivity index (χ2v) is 8.04. The van der Waals surface area contributed by atoms with Crippen LogP contribution in [0.1, 0.15) is 5.56 Å². The third-order valence-electron chi connectivity index (χ3n) is 3.64. The van der Waals surface area contributed by atoms with Crippen molar-refractivity contribution in [3.05, 3.63) is 77.6 Å². The van der Waals surface area contributed by atoms with Gasteiger partial charge < -0.3 is 5.32 Å². The fourth-order valence-corrected chi connectivity index (χ4v) is 3.61. The molecule has 0 radical (unpaired) electrons. The highest BCUT2D eigenvalue weighted by Gasteiger charge is 2.19. The molecule has 0 bridgehead atoms. The molecule has 0 unspecified atom stereocenters. The van der Waals surface area contributed by atoms with Crippen LogP contribution in [-0.2, 0) is 21.2 Å². The van der Waals surface area contributed by atoms with Crippen molar-refractivity contribution in [2.75, 3.05) is 5.75 Å². The summed E-state index contributed by atoms with van der Waals surface area (Å²) in [6, 6.07) is 15.3. The molecule has 2 aromatic carbocycles. The van der Waals surface area contributed by atoms with E-state index in [2.05, 4.69) is 10.4 Å². The number of sulfone groups is 1. The molecular weight excluding hydrogens is 374 g/mol. The van der Waals surface area contributed by atoms with Crippen LogP contribution in [0.4, 0.5) is 0 Å². The first kappa shape index (κ1) is 18.2. The summed E-state index contributed by atoms with van der Waals surface area (Å²) < 4.78 is 26.2. The zero-order chi connectivity index (χ0) is 18.6. The lowest BCUT2D eigenvalue weighted by Crippen LogP contribution is -2.29. The number of halogens is 1. The van der Waals surface area contributed by atoms with Crippen LogP contribution in [0.3, 0.4) is 0 Å². The smallest absolute Gasteiger partial charge is 0.235 e. The quantitative estimate of drug-likeness (QED) is 0.702. The molecule has 0 saturated heterocycles. The zero-order valence-corrected chi connectivity index (χ0v) is 15.2. The average Bonchev–Trinajstić information content (AvgIpc) is 3.10. The van der Waals surface area contributed by atoms with Gasteiger partial charge >= 0.3 is 0 Å². The van der Waals surface area contributed by atoms with E-state index in [0.717, 1.165) is 11.3 Å². The molecule has 3 rings (SSSR count). The van der Waals surface area contributed by atoms with E-state index in [1.54, 1.807) is 17.1 Å². The summed E-state index contributed by atoms with van der Waals surface area (Å²) in [6.07, 6.45) is 3.41. The predicted octanol–water partition coefficient (Wildman–Crippen LogP) is 2.62. The SMILES string of the molecule is O=C(CS(=O)(=O)c1ccc(Cl)cc1)NCc1cnn(-c2ccccc2)c1. The molecule has 1 N–H and O–H groups in total. The molecule has 8 heteroatoms. The average molecular weight is 390 g/mol. The van der Waals surface area contributed by atoms with Gasteiger partial charge in [-0.3, -0.25) is 4.79 Å². The van der Waals surface area contributed by atoms with Crippen molar-refractivity contribution in [2.45, 2.75) is 11.4 Å². The number of aromatic nitrogens is 2. The first-order chi connectivity index (χ1) is 12.4. The molecule has 6 nitrogen and oxygen atoms in total. The first-order valence-corrected chi connectivity index (χ1v) is 9.81. The van der Waals surface area contributed by atoms with Crippen LogP contribution < -0.4 is 5.32 Å². The first-order valence-electron chi connectivity index (χ1n) is 7.78. The summed E-state index contributed by atoms with van der Waals surface area (Å²) in [6.45, 7) is 0.196. The number of nitrogens with one attached hydrogen (secondary N) is 1. The molecule has 1 heterocycles. The molecule has 0 saturated carbocycles. The number of carbonyl (C=O) groups excluding carboxylic acids is 1. The van der Waals surface area contributed by atoms with Gasteiger partial charge in [0.1, 0.15) is 5.75 Å². The van der Waals surface area contributed by atoms with E-state index < -0.39 is 21.5 Å². The number of para-hydroxylation sites is 1. The lowest BCUT2D eigenvalue weighted by molar-refractivity contribution is -0.118. The van der Waals surface area contributed by atoms with Crippen LogP contribution in [0.25, 0.3) is 5.69 Å². The largest absolute Gasteiger partial charge is 0.351 e. The highest BCUT2D eigenvalue weighted by molar-refractivity contribution is 7.92. The minimum Gasteiger partial charge on any atom is -0.351 e. The zero-order valence-electron chi connectivity index (χ0n) is 13.7. The second-order valence-electron chi connectivity index (χ2n) is 5.62.